The van der Waals surface area contributed by atoms with E-state index in [2.05, 4.69) is 6.92 Å². The minimum atomic E-state index is 0.775. The fourth-order valence-electron chi connectivity index (χ4n) is 0.793. The molecule has 1 aromatic rings. The van der Waals surface area contributed by atoms with Crippen LogP contribution in [0.5, 0.6) is 0 Å². The summed E-state index contributed by atoms with van der Waals surface area (Å²) in [6, 6.07) is 7.72. The molecule has 0 unspecified atom stereocenters. The summed E-state index contributed by atoms with van der Waals surface area (Å²) in [5.41, 5.74) is 1.16. The number of rotatable bonds is 2. The normalized spacial score (nSPS) is 10.7. The highest BCUT2D eigenvalue weighted by Crippen LogP contribution is 2.10. The van der Waals surface area contributed by atoms with Crippen molar-refractivity contribution in [1.29, 1.82) is 0 Å². The summed E-state index contributed by atoms with van der Waals surface area (Å²) in [4.78, 5) is 0. The highest BCUT2D eigenvalue weighted by atomic mass is 35.5. The maximum Gasteiger partial charge on any atom is 0.0406 e. The van der Waals surface area contributed by atoms with Gasteiger partial charge in [-0.1, -0.05) is 35.9 Å². The van der Waals surface area contributed by atoms with Crippen LogP contribution in [0.25, 0.3) is 6.08 Å². The van der Waals surface area contributed by atoms with E-state index in [1.807, 2.05) is 36.4 Å². The van der Waals surface area contributed by atoms with Gasteiger partial charge in [-0.15, -0.1) is 0 Å². The van der Waals surface area contributed by atoms with E-state index >= 15 is 0 Å². The largest absolute Gasteiger partial charge is 0.0843 e. The van der Waals surface area contributed by atoms with Gasteiger partial charge in [0.1, 0.15) is 0 Å². The van der Waals surface area contributed by atoms with Crippen molar-refractivity contribution in [3.8, 4) is 0 Å². The van der Waals surface area contributed by atoms with E-state index in [0.29, 0.717) is 0 Å². The Labute approximate surface area is 72.5 Å². The molecule has 0 fully saturated rings. The van der Waals surface area contributed by atoms with E-state index in [1.165, 1.54) is 0 Å². The van der Waals surface area contributed by atoms with Gasteiger partial charge in [-0.05, 0) is 31.0 Å². The van der Waals surface area contributed by atoms with E-state index in [4.69, 9.17) is 11.6 Å². The monoisotopic (exact) mass is 165 g/mol. The molecule has 0 aromatic heterocycles. The third-order valence-corrected chi connectivity index (χ3v) is 1.60. The average Bonchev–Trinajstić information content (AvgIpc) is 2.04. The van der Waals surface area contributed by atoms with Crippen LogP contribution in [0, 0.1) is 6.92 Å². The Bertz CT molecular complexity index is 234. The molecule has 0 saturated carbocycles. The molecular formula is C10H10Cl. The third-order valence-electron chi connectivity index (χ3n) is 1.35. The number of benzene rings is 1. The Morgan fingerprint density at radius 3 is 2.45 bits per heavy atom. The third kappa shape index (κ3) is 2.77. The van der Waals surface area contributed by atoms with Gasteiger partial charge in [0.25, 0.3) is 0 Å². The number of hydrogen-bond acceptors (Lipinski definition) is 0. The maximum absolute atomic E-state index is 5.71. The summed E-state index contributed by atoms with van der Waals surface area (Å²) in [5, 5.41) is 0.775. The maximum atomic E-state index is 5.71. The Kier molecular flexibility index (Phi) is 3.18. The molecule has 0 nitrogen and oxygen atoms in total. The Balaban J connectivity index is 2.73. The molecule has 0 aliphatic carbocycles. The standard InChI is InChI=1S/C10H10Cl/c1-2-3-4-9-5-7-10(11)8-6-9/h3-8H,1-2H2/b4-3-. The lowest BCUT2D eigenvalue weighted by molar-refractivity contribution is 1.42. The quantitative estimate of drug-likeness (QED) is 0.629. The van der Waals surface area contributed by atoms with Gasteiger partial charge < -0.3 is 0 Å². The average molecular weight is 166 g/mol. The van der Waals surface area contributed by atoms with Crippen LogP contribution in [-0.4, -0.2) is 0 Å². The highest BCUT2D eigenvalue weighted by molar-refractivity contribution is 6.30. The smallest absolute Gasteiger partial charge is 0.0406 e. The van der Waals surface area contributed by atoms with Crippen LogP contribution in [0.1, 0.15) is 12.0 Å². The fourth-order valence-corrected chi connectivity index (χ4v) is 0.919. The van der Waals surface area contributed by atoms with Crippen molar-refractivity contribution >= 4 is 17.7 Å². The lowest BCUT2D eigenvalue weighted by atomic mass is 10.2. The zero-order valence-corrected chi connectivity index (χ0v) is 7.01. The molecule has 0 atom stereocenters. The predicted octanol–water partition coefficient (Wildman–Crippen LogP) is 3.58. The van der Waals surface area contributed by atoms with Gasteiger partial charge in [-0.2, -0.15) is 0 Å². The molecule has 0 saturated heterocycles. The van der Waals surface area contributed by atoms with Gasteiger partial charge in [0.2, 0.25) is 0 Å². The fraction of sp³-hybridized carbons (Fsp3) is 0.100. The lowest BCUT2D eigenvalue weighted by Crippen LogP contribution is -1.69. The second-order valence-electron chi connectivity index (χ2n) is 2.24. The van der Waals surface area contributed by atoms with E-state index < -0.39 is 0 Å². The summed E-state index contributed by atoms with van der Waals surface area (Å²) in [6.07, 6.45) is 4.87. The van der Waals surface area contributed by atoms with Crippen molar-refractivity contribution in [1.82, 2.24) is 0 Å². The molecular weight excluding hydrogens is 156 g/mol. The van der Waals surface area contributed by atoms with Crippen LogP contribution in [0.15, 0.2) is 30.3 Å². The van der Waals surface area contributed by atoms with Gasteiger partial charge in [0.05, 0.1) is 0 Å². The van der Waals surface area contributed by atoms with Crippen molar-refractivity contribution in [2.45, 2.75) is 6.42 Å². The van der Waals surface area contributed by atoms with Crippen molar-refractivity contribution in [2.24, 2.45) is 0 Å². The summed E-state index contributed by atoms with van der Waals surface area (Å²) in [6.45, 7) is 3.71. The topological polar surface area (TPSA) is 0 Å². The molecule has 0 amide bonds. The number of hydrogen-bond donors (Lipinski definition) is 0. The van der Waals surface area contributed by atoms with Crippen molar-refractivity contribution in [2.75, 3.05) is 0 Å². The van der Waals surface area contributed by atoms with Crippen molar-refractivity contribution in [3.05, 3.63) is 47.9 Å². The Morgan fingerprint density at radius 2 is 1.91 bits per heavy atom. The summed E-state index contributed by atoms with van der Waals surface area (Å²) < 4.78 is 0. The van der Waals surface area contributed by atoms with Crippen LogP contribution < -0.4 is 0 Å². The zero-order chi connectivity index (χ0) is 8.10. The van der Waals surface area contributed by atoms with Crippen LogP contribution in [0.2, 0.25) is 5.02 Å². The molecule has 1 aromatic carbocycles. The van der Waals surface area contributed by atoms with Crippen LogP contribution in [0.4, 0.5) is 0 Å². The van der Waals surface area contributed by atoms with Gasteiger partial charge in [-0.25, -0.2) is 0 Å². The molecule has 0 aliphatic rings. The highest BCUT2D eigenvalue weighted by Gasteiger charge is 1.85. The second-order valence-corrected chi connectivity index (χ2v) is 2.68. The van der Waals surface area contributed by atoms with Crippen LogP contribution in [0.3, 0.4) is 0 Å². The number of halogens is 1. The molecule has 11 heavy (non-hydrogen) atoms. The summed E-state index contributed by atoms with van der Waals surface area (Å²) in [7, 11) is 0. The van der Waals surface area contributed by atoms with Gasteiger partial charge >= 0.3 is 0 Å². The minimum Gasteiger partial charge on any atom is -0.0843 e. The molecule has 0 N–H and O–H groups in total. The van der Waals surface area contributed by atoms with E-state index in [0.717, 1.165) is 17.0 Å². The predicted molar refractivity (Wildman–Crippen MR) is 50.5 cm³/mol. The van der Waals surface area contributed by atoms with Gasteiger partial charge in [-0.3, -0.25) is 0 Å². The van der Waals surface area contributed by atoms with E-state index in [1.54, 1.807) is 0 Å². The van der Waals surface area contributed by atoms with E-state index in [-0.39, 0.29) is 0 Å². The Hall–Kier alpha value is -0.750. The van der Waals surface area contributed by atoms with Gasteiger partial charge in [0.15, 0.2) is 0 Å². The number of allylic oxidation sites excluding steroid dienone is 1. The first kappa shape index (κ1) is 8.35. The molecule has 0 heterocycles. The molecule has 1 rings (SSSR count). The zero-order valence-electron chi connectivity index (χ0n) is 6.26. The van der Waals surface area contributed by atoms with E-state index in [9.17, 15) is 0 Å². The molecule has 0 spiro atoms. The summed E-state index contributed by atoms with van der Waals surface area (Å²) >= 11 is 5.71. The summed E-state index contributed by atoms with van der Waals surface area (Å²) in [5.74, 6) is 0. The first-order chi connectivity index (χ1) is 5.33. The first-order valence-electron chi connectivity index (χ1n) is 3.54. The van der Waals surface area contributed by atoms with Gasteiger partial charge in [0, 0.05) is 5.02 Å². The van der Waals surface area contributed by atoms with Crippen molar-refractivity contribution in [3.63, 3.8) is 0 Å². The SMILES string of the molecule is [CH2]C/C=C\c1ccc(Cl)cc1. The van der Waals surface area contributed by atoms with Crippen molar-refractivity contribution < 1.29 is 0 Å². The molecule has 57 valence electrons. The minimum absolute atomic E-state index is 0.775. The Morgan fingerprint density at radius 1 is 1.27 bits per heavy atom. The van der Waals surface area contributed by atoms with Crippen LogP contribution in [-0.2, 0) is 0 Å². The first-order valence-corrected chi connectivity index (χ1v) is 3.92. The second kappa shape index (κ2) is 4.20. The molecule has 1 heteroatoms. The lowest BCUT2D eigenvalue weighted by Gasteiger charge is -1.91. The molecule has 1 radical (unpaired) electrons. The molecule has 0 aliphatic heterocycles. The van der Waals surface area contributed by atoms with Crippen LogP contribution >= 0.6 is 11.6 Å². The molecule has 0 bridgehead atoms.